The van der Waals surface area contributed by atoms with Crippen molar-refractivity contribution in [3.63, 3.8) is 0 Å². The average molecular weight is 405 g/mol. The Labute approximate surface area is 172 Å². The van der Waals surface area contributed by atoms with Gasteiger partial charge in [0.2, 0.25) is 5.17 Å². The molecule has 0 saturated carbocycles. The van der Waals surface area contributed by atoms with E-state index in [1.54, 1.807) is 35.2 Å². The molecule has 0 fully saturated rings. The van der Waals surface area contributed by atoms with Crippen LogP contribution >= 0.6 is 11.8 Å². The van der Waals surface area contributed by atoms with Crippen LogP contribution in [0.25, 0.3) is 5.69 Å². The first-order valence-corrected chi connectivity index (χ1v) is 9.94. The quantitative estimate of drug-likeness (QED) is 0.513. The monoisotopic (exact) mass is 405 g/mol. The molecule has 1 aromatic heterocycles. The van der Waals surface area contributed by atoms with E-state index in [4.69, 9.17) is 0 Å². The molecule has 0 amide bonds. The van der Waals surface area contributed by atoms with Gasteiger partial charge in [0.1, 0.15) is 17.2 Å². The number of phenols is 1. The third-order valence-electron chi connectivity index (χ3n) is 4.32. The van der Waals surface area contributed by atoms with Crippen molar-refractivity contribution in [2.75, 3.05) is 5.75 Å². The Balaban J connectivity index is 1.46. The van der Waals surface area contributed by atoms with Crippen LogP contribution in [0.15, 0.2) is 63.8 Å². The van der Waals surface area contributed by atoms with E-state index < -0.39 is 0 Å². The van der Waals surface area contributed by atoms with E-state index in [-0.39, 0.29) is 5.75 Å². The number of hydrogen-bond acceptors (Lipinski definition) is 8. The first-order valence-electron chi connectivity index (χ1n) is 8.95. The van der Waals surface area contributed by atoms with Gasteiger partial charge in [-0.2, -0.15) is 5.10 Å². The van der Waals surface area contributed by atoms with Gasteiger partial charge in [0, 0.05) is 5.75 Å². The molecule has 2 aromatic carbocycles. The Morgan fingerprint density at radius 3 is 2.52 bits per heavy atom. The molecule has 2 heterocycles. The SMILES string of the molecule is Cc1ccc(-n2nnc(C3=NN=C(N/N=C/c4ccc(O)cc4)SC3)c2C)cc1. The zero-order chi connectivity index (χ0) is 20.2. The van der Waals surface area contributed by atoms with Crippen molar-refractivity contribution in [1.82, 2.24) is 20.4 Å². The van der Waals surface area contributed by atoms with Crippen molar-refractivity contribution in [3.8, 4) is 11.4 Å². The number of aromatic nitrogens is 3. The minimum absolute atomic E-state index is 0.221. The summed E-state index contributed by atoms with van der Waals surface area (Å²) < 4.78 is 1.81. The largest absolute Gasteiger partial charge is 0.508 e. The van der Waals surface area contributed by atoms with Gasteiger partial charge in [0.05, 0.1) is 17.6 Å². The van der Waals surface area contributed by atoms with Crippen LogP contribution in [0.5, 0.6) is 5.75 Å². The first kappa shape index (κ1) is 18.9. The fourth-order valence-electron chi connectivity index (χ4n) is 2.72. The second kappa shape index (κ2) is 8.27. The van der Waals surface area contributed by atoms with Crippen molar-refractivity contribution in [2.45, 2.75) is 13.8 Å². The highest BCUT2D eigenvalue weighted by Crippen LogP contribution is 2.18. The van der Waals surface area contributed by atoms with Crippen LogP contribution in [0.1, 0.15) is 22.5 Å². The van der Waals surface area contributed by atoms with Gasteiger partial charge in [0.15, 0.2) is 0 Å². The van der Waals surface area contributed by atoms with Crippen LogP contribution in [0.2, 0.25) is 0 Å². The molecule has 0 atom stereocenters. The van der Waals surface area contributed by atoms with E-state index in [9.17, 15) is 5.11 Å². The lowest BCUT2D eigenvalue weighted by molar-refractivity contribution is 0.475. The summed E-state index contributed by atoms with van der Waals surface area (Å²) in [7, 11) is 0. The Bertz CT molecular complexity index is 1100. The van der Waals surface area contributed by atoms with Gasteiger partial charge in [-0.05, 0) is 55.8 Å². The lowest BCUT2D eigenvalue weighted by Gasteiger charge is -2.10. The maximum Gasteiger partial charge on any atom is 0.203 e. The number of rotatable bonds is 4. The Kier molecular flexibility index (Phi) is 5.39. The normalized spacial score (nSPS) is 14.0. The van der Waals surface area contributed by atoms with Crippen LogP contribution in [0.3, 0.4) is 0 Å². The average Bonchev–Trinajstić information content (AvgIpc) is 3.12. The van der Waals surface area contributed by atoms with E-state index in [0.29, 0.717) is 10.9 Å². The fraction of sp³-hybridized carbons (Fsp3) is 0.150. The van der Waals surface area contributed by atoms with Crippen LogP contribution in [0.4, 0.5) is 0 Å². The number of hydrogen-bond donors (Lipinski definition) is 2. The zero-order valence-electron chi connectivity index (χ0n) is 15.9. The summed E-state index contributed by atoms with van der Waals surface area (Å²) in [6.07, 6.45) is 1.65. The summed E-state index contributed by atoms with van der Waals surface area (Å²) in [5.74, 6) is 0.840. The topological polar surface area (TPSA) is 100 Å². The molecule has 0 spiro atoms. The molecule has 3 aromatic rings. The molecule has 146 valence electrons. The summed E-state index contributed by atoms with van der Waals surface area (Å²) >= 11 is 1.50. The number of phenolic OH excluding ortho intramolecular Hbond substituents is 1. The number of nitrogens with one attached hydrogen (secondary N) is 1. The second-order valence-electron chi connectivity index (χ2n) is 6.47. The Hall–Kier alpha value is -3.46. The maximum absolute atomic E-state index is 9.29. The van der Waals surface area contributed by atoms with Crippen LogP contribution in [-0.2, 0) is 0 Å². The van der Waals surface area contributed by atoms with Crippen LogP contribution < -0.4 is 5.43 Å². The van der Waals surface area contributed by atoms with Crippen LogP contribution in [0, 0.1) is 13.8 Å². The van der Waals surface area contributed by atoms with Crippen LogP contribution in [-0.4, -0.2) is 42.9 Å². The van der Waals surface area contributed by atoms with Crippen molar-refractivity contribution >= 4 is 28.9 Å². The molecule has 0 radical (unpaired) electrons. The summed E-state index contributed by atoms with van der Waals surface area (Å²) in [5, 5.41) is 31.1. The highest BCUT2D eigenvalue weighted by molar-refractivity contribution is 8.14. The van der Waals surface area contributed by atoms with E-state index in [2.05, 4.69) is 38.0 Å². The molecule has 9 heteroatoms. The molecule has 0 saturated heterocycles. The first-order chi connectivity index (χ1) is 14.1. The smallest absolute Gasteiger partial charge is 0.203 e. The lowest BCUT2D eigenvalue weighted by Crippen LogP contribution is -2.20. The number of hydrazone groups is 1. The molecule has 29 heavy (non-hydrogen) atoms. The van der Waals surface area contributed by atoms with E-state index in [1.807, 2.05) is 31.2 Å². The van der Waals surface area contributed by atoms with Crippen molar-refractivity contribution < 1.29 is 5.11 Å². The maximum atomic E-state index is 9.29. The third-order valence-corrected chi connectivity index (χ3v) is 5.18. The van der Waals surface area contributed by atoms with Crippen molar-refractivity contribution in [2.24, 2.45) is 15.3 Å². The number of thioether (sulfide) groups is 1. The predicted molar refractivity (Wildman–Crippen MR) is 116 cm³/mol. The van der Waals surface area contributed by atoms with E-state index in [0.717, 1.165) is 28.4 Å². The molecule has 1 aliphatic rings. The predicted octanol–water partition coefficient (Wildman–Crippen LogP) is 3.02. The van der Waals surface area contributed by atoms with Gasteiger partial charge in [-0.1, -0.05) is 34.7 Å². The summed E-state index contributed by atoms with van der Waals surface area (Å²) in [5.41, 5.74) is 8.35. The van der Waals surface area contributed by atoms with E-state index in [1.165, 1.54) is 17.3 Å². The molecule has 2 N–H and O–H groups in total. The number of nitrogens with zero attached hydrogens (tertiary/aromatic N) is 6. The highest BCUT2D eigenvalue weighted by Gasteiger charge is 2.19. The fourth-order valence-corrected chi connectivity index (χ4v) is 3.40. The molecule has 8 nitrogen and oxygen atoms in total. The third kappa shape index (κ3) is 4.35. The van der Waals surface area contributed by atoms with Gasteiger partial charge in [0.25, 0.3) is 0 Å². The molecular weight excluding hydrogens is 386 g/mol. The Morgan fingerprint density at radius 1 is 1.07 bits per heavy atom. The van der Waals surface area contributed by atoms with Gasteiger partial charge in [-0.15, -0.1) is 15.3 Å². The second-order valence-corrected chi connectivity index (χ2v) is 7.44. The number of aryl methyl sites for hydroxylation is 1. The molecule has 1 aliphatic heterocycles. The standard InChI is InChI=1S/C20H19N7OS/c1-13-3-7-16(8-4-13)27-14(2)19(23-26-27)18-12-29-20(25-22-18)24-21-11-15-5-9-17(28)10-6-15/h3-11,28H,12H2,1-2H3,(H,24,25)/b21-11+. The summed E-state index contributed by atoms with van der Waals surface area (Å²) in [6.45, 7) is 4.03. The van der Waals surface area contributed by atoms with Gasteiger partial charge < -0.3 is 5.11 Å². The van der Waals surface area contributed by atoms with Gasteiger partial charge in [-0.25, -0.2) is 4.68 Å². The minimum atomic E-state index is 0.221. The molecule has 0 bridgehead atoms. The Morgan fingerprint density at radius 2 is 1.83 bits per heavy atom. The minimum Gasteiger partial charge on any atom is -0.508 e. The molecular formula is C20H19N7OS. The zero-order valence-corrected chi connectivity index (χ0v) is 16.8. The summed E-state index contributed by atoms with van der Waals surface area (Å²) in [6, 6.07) is 14.9. The number of benzene rings is 2. The molecule has 4 rings (SSSR count). The number of amidine groups is 1. The highest BCUT2D eigenvalue weighted by atomic mass is 32.2. The number of aromatic hydroxyl groups is 1. The van der Waals surface area contributed by atoms with Gasteiger partial charge >= 0.3 is 0 Å². The molecule has 0 unspecified atom stereocenters. The van der Waals surface area contributed by atoms with Gasteiger partial charge in [-0.3, -0.25) is 5.43 Å². The van der Waals surface area contributed by atoms with Crippen molar-refractivity contribution in [1.29, 1.82) is 0 Å². The van der Waals surface area contributed by atoms with E-state index >= 15 is 0 Å². The lowest BCUT2D eigenvalue weighted by atomic mass is 10.2. The van der Waals surface area contributed by atoms with Crippen molar-refractivity contribution in [3.05, 3.63) is 71.0 Å². The summed E-state index contributed by atoms with van der Waals surface area (Å²) in [4.78, 5) is 0. The molecule has 0 aliphatic carbocycles.